The molecule has 0 unspecified atom stereocenters. The smallest absolute Gasteiger partial charge is 0.134 e. The standard InChI is InChI=1S/C32H28O2S/c1-22-5-4-6-29(21-22)35-20-19-30(25-9-13-27(14-10-25)31-17-7-23(2)33-31)26-11-15-28(16-12-26)32-18-8-24(3)34-32/h4-19,21H,20H2,1-3H3. The maximum Gasteiger partial charge on any atom is 0.134 e. The topological polar surface area (TPSA) is 26.3 Å². The third kappa shape index (κ3) is 5.52. The highest BCUT2D eigenvalue weighted by atomic mass is 32.2. The Morgan fingerprint density at radius 2 is 1.20 bits per heavy atom. The van der Waals surface area contributed by atoms with Crippen molar-refractivity contribution in [1.82, 2.24) is 0 Å². The molecular weight excluding hydrogens is 448 g/mol. The van der Waals surface area contributed by atoms with Crippen molar-refractivity contribution < 1.29 is 8.83 Å². The predicted molar refractivity (Wildman–Crippen MR) is 147 cm³/mol. The number of hydrogen-bond donors (Lipinski definition) is 0. The van der Waals surface area contributed by atoms with Gasteiger partial charge in [-0.1, -0.05) is 72.3 Å². The van der Waals surface area contributed by atoms with E-state index in [1.807, 2.05) is 49.9 Å². The first kappa shape index (κ1) is 23.1. The molecular formula is C32H28O2S. The van der Waals surface area contributed by atoms with E-state index in [4.69, 9.17) is 8.83 Å². The summed E-state index contributed by atoms with van der Waals surface area (Å²) in [5, 5.41) is 0. The molecule has 2 heterocycles. The molecule has 174 valence electrons. The van der Waals surface area contributed by atoms with E-state index in [2.05, 4.69) is 85.8 Å². The summed E-state index contributed by atoms with van der Waals surface area (Å²) in [4.78, 5) is 1.28. The average Bonchev–Trinajstić information content (AvgIpc) is 3.51. The minimum Gasteiger partial charge on any atom is -0.461 e. The first-order chi connectivity index (χ1) is 17.0. The molecule has 2 aromatic heterocycles. The lowest BCUT2D eigenvalue weighted by Gasteiger charge is -2.11. The van der Waals surface area contributed by atoms with Crippen LogP contribution in [0.4, 0.5) is 0 Å². The number of rotatable bonds is 7. The van der Waals surface area contributed by atoms with E-state index in [0.29, 0.717) is 0 Å². The summed E-state index contributed by atoms with van der Waals surface area (Å²) in [6.07, 6.45) is 2.32. The predicted octanol–water partition coefficient (Wildman–Crippen LogP) is 9.36. The molecule has 0 N–H and O–H groups in total. The Labute approximate surface area is 211 Å². The van der Waals surface area contributed by atoms with Gasteiger partial charge >= 0.3 is 0 Å². The van der Waals surface area contributed by atoms with Gasteiger partial charge in [0.05, 0.1) is 0 Å². The second-order valence-corrected chi connectivity index (χ2v) is 9.81. The highest BCUT2D eigenvalue weighted by Gasteiger charge is 2.09. The van der Waals surface area contributed by atoms with Crippen molar-refractivity contribution in [3.05, 3.63) is 131 Å². The van der Waals surface area contributed by atoms with Gasteiger partial charge in [-0.2, -0.15) is 0 Å². The molecule has 0 aliphatic rings. The van der Waals surface area contributed by atoms with Crippen LogP contribution in [0.15, 0.2) is 117 Å². The molecule has 0 amide bonds. The molecule has 0 aliphatic heterocycles. The molecule has 2 nitrogen and oxygen atoms in total. The maximum atomic E-state index is 5.81. The van der Waals surface area contributed by atoms with Gasteiger partial charge in [0.1, 0.15) is 23.0 Å². The molecule has 0 aliphatic carbocycles. The highest BCUT2D eigenvalue weighted by molar-refractivity contribution is 7.99. The molecule has 0 fully saturated rings. The van der Waals surface area contributed by atoms with Crippen LogP contribution in [0.25, 0.3) is 28.2 Å². The van der Waals surface area contributed by atoms with Crippen molar-refractivity contribution in [3.63, 3.8) is 0 Å². The second-order valence-electron chi connectivity index (χ2n) is 8.72. The highest BCUT2D eigenvalue weighted by Crippen LogP contribution is 2.31. The van der Waals surface area contributed by atoms with Gasteiger partial charge in [-0.15, -0.1) is 11.8 Å². The van der Waals surface area contributed by atoms with Crippen LogP contribution >= 0.6 is 11.8 Å². The molecule has 3 heteroatoms. The summed E-state index contributed by atoms with van der Waals surface area (Å²) in [5.74, 6) is 4.52. The van der Waals surface area contributed by atoms with E-state index < -0.39 is 0 Å². The Hall–Kier alpha value is -3.69. The van der Waals surface area contributed by atoms with Crippen LogP contribution in [-0.4, -0.2) is 5.75 Å². The fraction of sp³-hybridized carbons (Fsp3) is 0.125. The van der Waals surface area contributed by atoms with E-state index in [0.717, 1.165) is 39.9 Å². The Morgan fingerprint density at radius 1 is 0.657 bits per heavy atom. The van der Waals surface area contributed by atoms with Crippen molar-refractivity contribution in [2.75, 3.05) is 5.75 Å². The largest absolute Gasteiger partial charge is 0.461 e. The van der Waals surface area contributed by atoms with Crippen LogP contribution in [0.3, 0.4) is 0 Å². The fourth-order valence-corrected chi connectivity index (χ4v) is 5.02. The molecule has 3 aromatic carbocycles. The van der Waals surface area contributed by atoms with Crippen molar-refractivity contribution >= 4 is 17.3 Å². The number of aryl methyl sites for hydroxylation is 3. The van der Waals surface area contributed by atoms with Gasteiger partial charge in [0, 0.05) is 21.8 Å². The monoisotopic (exact) mass is 476 g/mol. The zero-order valence-electron chi connectivity index (χ0n) is 20.2. The van der Waals surface area contributed by atoms with Crippen LogP contribution in [0, 0.1) is 20.8 Å². The minimum atomic E-state index is 0.886. The van der Waals surface area contributed by atoms with Crippen molar-refractivity contribution in [2.45, 2.75) is 25.7 Å². The van der Waals surface area contributed by atoms with Gasteiger partial charge < -0.3 is 8.83 Å². The third-order valence-electron chi connectivity index (χ3n) is 5.97. The fourth-order valence-electron chi connectivity index (χ4n) is 4.14. The van der Waals surface area contributed by atoms with E-state index in [9.17, 15) is 0 Å². The zero-order valence-corrected chi connectivity index (χ0v) is 21.1. The molecule has 0 saturated carbocycles. The molecule has 5 rings (SSSR count). The Morgan fingerprint density at radius 3 is 1.66 bits per heavy atom. The van der Waals surface area contributed by atoms with Gasteiger partial charge in [-0.3, -0.25) is 0 Å². The molecule has 5 aromatic rings. The van der Waals surface area contributed by atoms with E-state index in [-0.39, 0.29) is 0 Å². The third-order valence-corrected chi connectivity index (χ3v) is 6.89. The average molecular weight is 477 g/mol. The number of hydrogen-bond acceptors (Lipinski definition) is 3. The molecule has 0 saturated heterocycles. The Kier molecular flexibility index (Phi) is 6.78. The van der Waals surface area contributed by atoms with Crippen LogP contribution in [0.5, 0.6) is 0 Å². The zero-order chi connectivity index (χ0) is 24.2. The van der Waals surface area contributed by atoms with Crippen LogP contribution in [0.2, 0.25) is 0 Å². The summed E-state index contributed by atoms with van der Waals surface area (Å²) in [6.45, 7) is 6.08. The quantitative estimate of drug-likeness (QED) is 0.219. The second kappa shape index (κ2) is 10.3. The van der Waals surface area contributed by atoms with Crippen molar-refractivity contribution in [3.8, 4) is 22.6 Å². The lowest BCUT2D eigenvalue weighted by Crippen LogP contribution is -1.90. The van der Waals surface area contributed by atoms with Gasteiger partial charge in [-0.05, 0) is 73.9 Å². The Bertz CT molecular complexity index is 1360. The van der Waals surface area contributed by atoms with E-state index in [1.165, 1.54) is 27.2 Å². The van der Waals surface area contributed by atoms with Gasteiger partial charge in [0.15, 0.2) is 0 Å². The van der Waals surface area contributed by atoms with Crippen LogP contribution < -0.4 is 0 Å². The van der Waals surface area contributed by atoms with Gasteiger partial charge in [0.2, 0.25) is 0 Å². The Balaban J connectivity index is 1.45. The summed E-state index contributed by atoms with van der Waals surface area (Å²) < 4.78 is 11.6. The normalized spacial score (nSPS) is 10.9. The first-order valence-corrected chi connectivity index (χ1v) is 12.8. The van der Waals surface area contributed by atoms with Gasteiger partial charge in [-0.25, -0.2) is 0 Å². The molecule has 0 bridgehead atoms. The summed E-state index contributed by atoms with van der Waals surface area (Å²) >= 11 is 1.85. The van der Waals surface area contributed by atoms with Crippen molar-refractivity contribution in [2.24, 2.45) is 0 Å². The summed E-state index contributed by atoms with van der Waals surface area (Å²) in [6, 6.07) is 34.0. The maximum absolute atomic E-state index is 5.81. The summed E-state index contributed by atoms with van der Waals surface area (Å²) in [7, 11) is 0. The van der Waals surface area contributed by atoms with Crippen molar-refractivity contribution in [1.29, 1.82) is 0 Å². The summed E-state index contributed by atoms with van der Waals surface area (Å²) in [5.41, 5.74) is 7.03. The number of furan rings is 2. The molecule has 0 radical (unpaired) electrons. The lowest BCUT2D eigenvalue weighted by molar-refractivity contribution is 0.548. The van der Waals surface area contributed by atoms with Crippen LogP contribution in [-0.2, 0) is 0 Å². The first-order valence-electron chi connectivity index (χ1n) is 11.8. The SMILES string of the molecule is Cc1cccc(SCC=C(c2ccc(-c3ccc(C)o3)cc2)c2ccc(-c3ccc(C)o3)cc2)c1. The van der Waals surface area contributed by atoms with Crippen LogP contribution in [0.1, 0.15) is 28.2 Å². The number of benzene rings is 3. The molecule has 35 heavy (non-hydrogen) atoms. The molecule has 0 atom stereocenters. The molecule has 0 spiro atoms. The van der Waals surface area contributed by atoms with Gasteiger partial charge in [0.25, 0.3) is 0 Å². The lowest BCUT2D eigenvalue weighted by atomic mass is 9.95. The van der Waals surface area contributed by atoms with E-state index in [1.54, 1.807) is 0 Å². The van der Waals surface area contributed by atoms with E-state index >= 15 is 0 Å². The number of thioether (sulfide) groups is 1. The minimum absolute atomic E-state index is 0.886.